The van der Waals surface area contributed by atoms with Gasteiger partial charge in [0.1, 0.15) is 12.0 Å². The van der Waals surface area contributed by atoms with E-state index in [0.29, 0.717) is 12.4 Å². The van der Waals surface area contributed by atoms with Gasteiger partial charge in [-0.1, -0.05) is 32.0 Å². The van der Waals surface area contributed by atoms with Crippen LogP contribution in [0.15, 0.2) is 46.0 Å². The molecule has 6 nitrogen and oxygen atoms in total. The number of oxazole rings is 1. The second-order valence-electron chi connectivity index (χ2n) is 6.74. The van der Waals surface area contributed by atoms with Crippen molar-refractivity contribution >= 4 is 29.9 Å². The number of rotatable bonds is 10. The molecule has 0 fully saturated rings. The number of guanidine groups is 1. The van der Waals surface area contributed by atoms with Crippen LogP contribution >= 0.6 is 24.0 Å². The van der Waals surface area contributed by atoms with Crippen LogP contribution in [0, 0.1) is 5.41 Å². The molecule has 156 valence electrons. The van der Waals surface area contributed by atoms with Gasteiger partial charge in [-0.2, -0.15) is 0 Å². The number of halogens is 1. The van der Waals surface area contributed by atoms with Gasteiger partial charge in [0.2, 0.25) is 5.89 Å². The van der Waals surface area contributed by atoms with E-state index in [1.165, 1.54) is 0 Å². The fourth-order valence-corrected chi connectivity index (χ4v) is 3.05. The maximum atomic E-state index is 9.39. The molecule has 0 radical (unpaired) electrons. The predicted molar refractivity (Wildman–Crippen MR) is 125 cm³/mol. The summed E-state index contributed by atoms with van der Waals surface area (Å²) in [6.45, 7) is 8.60. The minimum atomic E-state index is 0. The van der Waals surface area contributed by atoms with Crippen molar-refractivity contribution in [3.63, 3.8) is 0 Å². The van der Waals surface area contributed by atoms with Crippen LogP contribution in [-0.4, -0.2) is 35.7 Å². The zero-order chi connectivity index (χ0) is 19.5. The van der Waals surface area contributed by atoms with Gasteiger partial charge < -0.3 is 20.2 Å². The lowest BCUT2D eigenvalue weighted by Crippen LogP contribution is -2.43. The van der Waals surface area contributed by atoms with Crippen LogP contribution < -0.4 is 10.6 Å². The van der Waals surface area contributed by atoms with Gasteiger partial charge in [-0.3, -0.25) is 0 Å². The molecule has 0 unspecified atom stereocenters. The summed E-state index contributed by atoms with van der Waals surface area (Å²) in [6.07, 6.45) is 4.47. The van der Waals surface area contributed by atoms with Crippen LogP contribution in [0.3, 0.4) is 0 Å². The van der Waals surface area contributed by atoms with Crippen LogP contribution in [0.5, 0.6) is 0 Å². The van der Waals surface area contributed by atoms with E-state index < -0.39 is 0 Å². The summed E-state index contributed by atoms with van der Waals surface area (Å²) in [6, 6.07) is 9.84. The Hall–Kier alpha value is -1.61. The van der Waals surface area contributed by atoms with Gasteiger partial charge in [0, 0.05) is 25.3 Å². The number of nitrogens with zero attached hydrogens (tertiary/aromatic N) is 2. The van der Waals surface area contributed by atoms with Crippen molar-refractivity contribution in [2.75, 3.05) is 19.7 Å². The lowest BCUT2D eigenvalue weighted by molar-refractivity contribution is 0.169. The highest BCUT2D eigenvalue weighted by Gasteiger charge is 2.25. The third kappa shape index (κ3) is 7.09. The van der Waals surface area contributed by atoms with Gasteiger partial charge in [0.25, 0.3) is 0 Å². The molecule has 0 aliphatic heterocycles. The minimum Gasteiger partial charge on any atom is -0.444 e. The normalized spacial score (nSPS) is 11.8. The average Bonchev–Trinajstić information content (AvgIpc) is 3.19. The van der Waals surface area contributed by atoms with Crippen LogP contribution in [0.4, 0.5) is 0 Å². The van der Waals surface area contributed by atoms with Gasteiger partial charge in [-0.25, -0.2) is 9.98 Å². The standard InChI is InChI=1S/C21H32N4O2.HI/c1-4-21(5-2,12-13-26)16-24-20(22-6-3)23-14-18-15-27-19(25-18)17-10-8-7-9-11-17;/h7-11,15,26H,4-6,12-14,16H2,1-3H3,(H2,22,23,24);1H. The molecule has 0 atom stereocenters. The SMILES string of the molecule is CCNC(=NCc1coc(-c2ccccc2)n1)NCC(CC)(CC)CCO.I. The van der Waals surface area contributed by atoms with E-state index >= 15 is 0 Å². The predicted octanol–water partition coefficient (Wildman–Crippen LogP) is 4.20. The van der Waals surface area contributed by atoms with Crippen molar-refractivity contribution < 1.29 is 9.52 Å². The summed E-state index contributed by atoms with van der Waals surface area (Å²) in [4.78, 5) is 9.15. The highest BCUT2D eigenvalue weighted by atomic mass is 127. The fourth-order valence-electron chi connectivity index (χ4n) is 3.05. The molecular formula is C21H33IN4O2. The molecule has 0 amide bonds. The van der Waals surface area contributed by atoms with E-state index in [1.54, 1.807) is 6.26 Å². The molecule has 0 aliphatic carbocycles. The molecule has 0 saturated carbocycles. The number of benzene rings is 1. The Kier molecular flexibility index (Phi) is 11.1. The topological polar surface area (TPSA) is 82.7 Å². The van der Waals surface area contributed by atoms with Gasteiger partial charge >= 0.3 is 0 Å². The quantitative estimate of drug-likeness (QED) is 0.259. The second kappa shape index (κ2) is 12.8. The largest absolute Gasteiger partial charge is 0.444 e. The van der Waals surface area contributed by atoms with Gasteiger partial charge in [-0.05, 0) is 43.7 Å². The highest BCUT2D eigenvalue weighted by molar-refractivity contribution is 14.0. The van der Waals surface area contributed by atoms with Gasteiger partial charge in [-0.15, -0.1) is 24.0 Å². The molecule has 1 aromatic carbocycles. The van der Waals surface area contributed by atoms with Crippen molar-refractivity contribution in [2.45, 2.75) is 46.6 Å². The maximum Gasteiger partial charge on any atom is 0.226 e. The molecule has 7 heteroatoms. The van der Waals surface area contributed by atoms with Crippen molar-refractivity contribution in [1.82, 2.24) is 15.6 Å². The Morgan fingerprint density at radius 2 is 1.86 bits per heavy atom. The highest BCUT2D eigenvalue weighted by Crippen LogP contribution is 2.29. The summed E-state index contributed by atoms with van der Waals surface area (Å²) < 4.78 is 5.57. The molecule has 0 bridgehead atoms. The lowest BCUT2D eigenvalue weighted by Gasteiger charge is -2.32. The minimum absolute atomic E-state index is 0. The fraction of sp³-hybridized carbons (Fsp3) is 0.524. The third-order valence-corrected chi connectivity index (χ3v) is 5.09. The van der Waals surface area contributed by atoms with Crippen LogP contribution in [-0.2, 0) is 6.54 Å². The van der Waals surface area contributed by atoms with Crippen molar-refractivity contribution in [1.29, 1.82) is 0 Å². The summed E-state index contributed by atoms with van der Waals surface area (Å²) >= 11 is 0. The van der Waals surface area contributed by atoms with E-state index in [9.17, 15) is 5.11 Å². The van der Waals surface area contributed by atoms with E-state index in [0.717, 1.165) is 49.6 Å². The Morgan fingerprint density at radius 3 is 2.46 bits per heavy atom. The maximum absolute atomic E-state index is 9.39. The van der Waals surface area contributed by atoms with Gasteiger partial charge in [0.05, 0.1) is 6.54 Å². The Labute approximate surface area is 185 Å². The lowest BCUT2D eigenvalue weighted by atomic mass is 9.79. The number of aliphatic hydroxyl groups excluding tert-OH is 1. The number of aromatic nitrogens is 1. The zero-order valence-corrected chi connectivity index (χ0v) is 19.4. The molecular weight excluding hydrogens is 467 g/mol. The van der Waals surface area contributed by atoms with E-state index in [2.05, 4.69) is 34.5 Å². The third-order valence-electron chi connectivity index (χ3n) is 5.09. The van der Waals surface area contributed by atoms with Gasteiger partial charge in [0.15, 0.2) is 5.96 Å². The second-order valence-corrected chi connectivity index (χ2v) is 6.74. The van der Waals surface area contributed by atoms with Crippen LogP contribution in [0.1, 0.15) is 45.7 Å². The number of hydrogen-bond acceptors (Lipinski definition) is 4. The van der Waals surface area contributed by atoms with Crippen molar-refractivity contribution in [3.05, 3.63) is 42.3 Å². The van der Waals surface area contributed by atoms with Crippen molar-refractivity contribution in [2.24, 2.45) is 10.4 Å². The molecule has 0 saturated heterocycles. The van der Waals surface area contributed by atoms with E-state index in [1.807, 2.05) is 37.3 Å². The molecule has 28 heavy (non-hydrogen) atoms. The first kappa shape index (κ1) is 24.4. The Balaban J connectivity index is 0.00000392. The first-order valence-corrected chi connectivity index (χ1v) is 9.79. The number of aliphatic hydroxyl groups is 1. The summed E-state index contributed by atoms with van der Waals surface area (Å²) in [5.74, 6) is 1.36. The smallest absolute Gasteiger partial charge is 0.226 e. The zero-order valence-electron chi connectivity index (χ0n) is 17.1. The summed E-state index contributed by atoms with van der Waals surface area (Å²) in [5.41, 5.74) is 1.83. The molecule has 0 spiro atoms. The molecule has 1 heterocycles. The Morgan fingerprint density at radius 1 is 1.14 bits per heavy atom. The molecule has 3 N–H and O–H groups in total. The number of aliphatic imine (C=N–C) groups is 1. The molecule has 2 aromatic rings. The van der Waals surface area contributed by atoms with Crippen LogP contribution in [0.2, 0.25) is 0 Å². The average molecular weight is 500 g/mol. The summed E-state index contributed by atoms with van der Waals surface area (Å²) in [5, 5.41) is 16.1. The molecule has 1 aromatic heterocycles. The number of hydrogen-bond donors (Lipinski definition) is 3. The van der Waals surface area contributed by atoms with Crippen molar-refractivity contribution in [3.8, 4) is 11.5 Å². The van der Waals surface area contributed by atoms with E-state index in [4.69, 9.17) is 4.42 Å². The first-order chi connectivity index (χ1) is 13.2. The Bertz CT molecular complexity index is 699. The van der Waals surface area contributed by atoms with E-state index in [-0.39, 0.29) is 36.0 Å². The molecule has 0 aliphatic rings. The monoisotopic (exact) mass is 500 g/mol. The van der Waals surface area contributed by atoms with Crippen LogP contribution in [0.25, 0.3) is 11.5 Å². The molecule has 2 rings (SSSR count). The first-order valence-electron chi connectivity index (χ1n) is 9.79. The number of nitrogens with one attached hydrogen (secondary N) is 2. The summed E-state index contributed by atoms with van der Waals surface area (Å²) in [7, 11) is 0.